The molecule has 4 nitrogen and oxygen atoms in total. The molecule has 4 heteroatoms. The lowest BCUT2D eigenvalue weighted by Gasteiger charge is -2.08. The van der Waals surface area contributed by atoms with E-state index in [1.165, 1.54) is 7.11 Å². The van der Waals surface area contributed by atoms with Gasteiger partial charge in [0.25, 0.3) is 0 Å². The molecule has 0 N–H and O–H groups in total. The number of hydrogen-bond acceptors (Lipinski definition) is 4. The van der Waals surface area contributed by atoms with Crippen molar-refractivity contribution in [2.24, 2.45) is 5.16 Å². The number of carbonyl (C=O) groups excluding carboxylic acids is 2. The Morgan fingerprint density at radius 2 is 2.09 bits per heavy atom. The van der Waals surface area contributed by atoms with Crippen molar-refractivity contribution >= 4 is 17.3 Å². The van der Waals surface area contributed by atoms with Crippen molar-refractivity contribution in [3.05, 3.63) is 0 Å². The maximum atomic E-state index is 11.0. The summed E-state index contributed by atoms with van der Waals surface area (Å²) < 4.78 is 0. The van der Waals surface area contributed by atoms with Crippen LogP contribution in [0.1, 0.15) is 19.3 Å². The van der Waals surface area contributed by atoms with Crippen LogP contribution in [0.4, 0.5) is 0 Å². The Morgan fingerprint density at radius 3 is 2.64 bits per heavy atom. The van der Waals surface area contributed by atoms with Crippen LogP contribution in [-0.2, 0) is 14.4 Å². The third-order valence-corrected chi connectivity index (χ3v) is 1.52. The molecule has 0 aromatic rings. The lowest BCUT2D eigenvalue weighted by atomic mass is 9.96. The van der Waals surface area contributed by atoms with Crippen molar-refractivity contribution in [1.82, 2.24) is 0 Å². The van der Waals surface area contributed by atoms with Crippen LogP contribution in [-0.4, -0.2) is 24.4 Å². The highest BCUT2D eigenvalue weighted by atomic mass is 16.6. The number of rotatable bonds is 1. The summed E-state index contributed by atoms with van der Waals surface area (Å²) in [5, 5.41) is 3.51. The molecule has 60 valence electrons. The molecule has 0 saturated heterocycles. The van der Waals surface area contributed by atoms with Crippen molar-refractivity contribution in [3.8, 4) is 0 Å². The van der Waals surface area contributed by atoms with Gasteiger partial charge in [0.15, 0.2) is 5.78 Å². The highest BCUT2D eigenvalue weighted by Crippen LogP contribution is 2.08. The zero-order valence-electron chi connectivity index (χ0n) is 6.29. The minimum atomic E-state index is -0.205. The van der Waals surface area contributed by atoms with Gasteiger partial charge in [-0.05, 0) is 0 Å². The van der Waals surface area contributed by atoms with Gasteiger partial charge < -0.3 is 4.84 Å². The monoisotopic (exact) mass is 155 g/mol. The van der Waals surface area contributed by atoms with Crippen LogP contribution >= 0.6 is 0 Å². The SMILES string of the molecule is CO/N=C1/CCC(=O)CC1=O. The van der Waals surface area contributed by atoms with Gasteiger partial charge in [0.05, 0.1) is 6.42 Å². The summed E-state index contributed by atoms with van der Waals surface area (Å²) in [6.07, 6.45) is 0.821. The van der Waals surface area contributed by atoms with Crippen molar-refractivity contribution in [2.45, 2.75) is 19.3 Å². The molecule has 0 radical (unpaired) electrons. The van der Waals surface area contributed by atoms with Crippen LogP contribution in [0, 0.1) is 0 Å². The molecule has 1 aliphatic carbocycles. The third kappa shape index (κ3) is 1.86. The van der Waals surface area contributed by atoms with E-state index in [1.54, 1.807) is 0 Å². The van der Waals surface area contributed by atoms with Gasteiger partial charge in [0.2, 0.25) is 0 Å². The van der Waals surface area contributed by atoms with Crippen LogP contribution in [0.2, 0.25) is 0 Å². The average molecular weight is 155 g/mol. The molecule has 11 heavy (non-hydrogen) atoms. The summed E-state index contributed by atoms with van der Waals surface area (Å²) >= 11 is 0. The van der Waals surface area contributed by atoms with Gasteiger partial charge in [-0.15, -0.1) is 0 Å². The summed E-state index contributed by atoms with van der Waals surface area (Å²) in [6.45, 7) is 0. The highest BCUT2D eigenvalue weighted by Gasteiger charge is 2.22. The predicted octanol–water partition coefficient (Wildman–Crippen LogP) is 0.311. The fraction of sp³-hybridized carbons (Fsp3) is 0.571. The summed E-state index contributed by atoms with van der Waals surface area (Å²) in [5.41, 5.74) is 0.382. The Balaban J connectivity index is 2.65. The first-order valence-corrected chi connectivity index (χ1v) is 3.39. The van der Waals surface area contributed by atoms with Crippen molar-refractivity contribution in [2.75, 3.05) is 7.11 Å². The van der Waals surface area contributed by atoms with E-state index in [-0.39, 0.29) is 18.0 Å². The quantitative estimate of drug-likeness (QED) is 0.404. The number of ketones is 2. The Morgan fingerprint density at radius 1 is 1.36 bits per heavy atom. The van der Waals surface area contributed by atoms with Gasteiger partial charge in [-0.25, -0.2) is 0 Å². The number of Topliss-reactive ketones (excluding diaryl/α,β-unsaturated/α-hetero) is 2. The van der Waals surface area contributed by atoms with Gasteiger partial charge in [-0.1, -0.05) is 5.16 Å². The number of hydrogen-bond donors (Lipinski definition) is 0. The van der Waals surface area contributed by atoms with Crippen LogP contribution < -0.4 is 0 Å². The van der Waals surface area contributed by atoms with Crippen LogP contribution in [0.3, 0.4) is 0 Å². The van der Waals surface area contributed by atoms with E-state index >= 15 is 0 Å². The van der Waals surface area contributed by atoms with Gasteiger partial charge in [0, 0.05) is 12.8 Å². The molecule has 1 aliphatic rings. The van der Waals surface area contributed by atoms with E-state index in [1.807, 2.05) is 0 Å². The standard InChI is InChI=1S/C7H9NO3/c1-11-8-6-3-2-5(9)4-7(6)10/h2-4H2,1H3/b8-6-. The fourth-order valence-electron chi connectivity index (χ4n) is 0.973. The zero-order chi connectivity index (χ0) is 8.27. The molecule has 0 spiro atoms. The number of carbonyl (C=O) groups is 2. The van der Waals surface area contributed by atoms with E-state index in [0.717, 1.165) is 0 Å². The maximum absolute atomic E-state index is 11.0. The first kappa shape index (κ1) is 7.91. The Hall–Kier alpha value is -1.19. The third-order valence-electron chi connectivity index (χ3n) is 1.52. The molecule has 0 unspecified atom stereocenters. The van der Waals surface area contributed by atoms with Crippen molar-refractivity contribution in [1.29, 1.82) is 0 Å². The van der Waals surface area contributed by atoms with Crippen LogP contribution in [0.15, 0.2) is 5.16 Å². The lowest BCUT2D eigenvalue weighted by Crippen LogP contribution is -2.24. The molecule has 1 fully saturated rings. The van der Waals surface area contributed by atoms with E-state index in [0.29, 0.717) is 18.6 Å². The predicted molar refractivity (Wildman–Crippen MR) is 38.3 cm³/mol. The van der Waals surface area contributed by atoms with Crippen molar-refractivity contribution < 1.29 is 14.4 Å². The molecule has 1 saturated carbocycles. The summed E-state index contributed by atoms with van der Waals surface area (Å²) in [6, 6.07) is 0. The molecule has 0 atom stereocenters. The lowest BCUT2D eigenvalue weighted by molar-refractivity contribution is -0.125. The Bertz CT molecular complexity index is 220. The van der Waals surface area contributed by atoms with Crippen molar-refractivity contribution in [3.63, 3.8) is 0 Å². The smallest absolute Gasteiger partial charge is 0.187 e. The minimum Gasteiger partial charge on any atom is -0.399 e. The number of oxime groups is 1. The van der Waals surface area contributed by atoms with Crippen LogP contribution in [0.5, 0.6) is 0 Å². The summed E-state index contributed by atoms with van der Waals surface area (Å²) in [5.74, 6) is -0.215. The van der Waals surface area contributed by atoms with Gasteiger partial charge in [0.1, 0.15) is 18.6 Å². The second kappa shape index (κ2) is 3.27. The second-order valence-corrected chi connectivity index (χ2v) is 2.36. The second-order valence-electron chi connectivity index (χ2n) is 2.36. The molecule has 0 aliphatic heterocycles. The Labute approximate surface area is 64.2 Å². The Kier molecular flexibility index (Phi) is 2.36. The van der Waals surface area contributed by atoms with Crippen LogP contribution in [0.25, 0.3) is 0 Å². The summed E-state index contributed by atoms with van der Waals surface area (Å²) in [4.78, 5) is 26.1. The van der Waals surface area contributed by atoms with Gasteiger partial charge in [-0.3, -0.25) is 9.59 Å². The normalized spacial score (nSPS) is 22.5. The van der Waals surface area contributed by atoms with Gasteiger partial charge >= 0.3 is 0 Å². The van der Waals surface area contributed by atoms with E-state index in [9.17, 15) is 9.59 Å². The topological polar surface area (TPSA) is 55.7 Å². The first-order valence-electron chi connectivity index (χ1n) is 3.39. The zero-order valence-corrected chi connectivity index (χ0v) is 6.29. The molecule has 1 rings (SSSR count). The largest absolute Gasteiger partial charge is 0.399 e. The van der Waals surface area contributed by atoms with Gasteiger partial charge in [-0.2, -0.15) is 0 Å². The minimum absolute atomic E-state index is 0.00921. The molecule has 0 heterocycles. The maximum Gasteiger partial charge on any atom is 0.187 e. The summed E-state index contributed by atoms with van der Waals surface area (Å²) in [7, 11) is 1.39. The molecular weight excluding hydrogens is 146 g/mol. The molecule has 0 amide bonds. The molecule has 0 bridgehead atoms. The van der Waals surface area contributed by atoms with E-state index in [4.69, 9.17) is 0 Å². The average Bonchev–Trinajstić information content (AvgIpc) is 1.95. The highest BCUT2D eigenvalue weighted by molar-refractivity contribution is 6.44. The molecule has 0 aromatic carbocycles. The van der Waals surface area contributed by atoms with E-state index in [2.05, 4.69) is 9.99 Å². The number of nitrogens with zero attached hydrogens (tertiary/aromatic N) is 1. The molecular formula is C7H9NO3. The fourth-order valence-corrected chi connectivity index (χ4v) is 0.973. The molecule has 0 aromatic heterocycles. The first-order chi connectivity index (χ1) is 5.24. The van der Waals surface area contributed by atoms with E-state index < -0.39 is 0 Å².